The van der Waals surface area contributed by atoms with E-state index in [4.69, 9.17) is 5.11 Å². The van der Waals surface area contributed by atoms with E-state index in [1.807, 2.05) is 6.07 Å². The summed E-state index contributed by atoms with van der Waals surface area (Å²) in [6.07, 6.45) is 4.65. The smallest absolute Gasteiger partial charge is 0.352 e. The minimum Gasteiger partial charge on any atom is -0.477 e. The first-order valence-corrected chi connectivity index (χ1v) is 5.62. The third kappa shape index (κ3) is 1.32. The highest BCUT2D eigenvalue weighted by atomic mass is 16.4. The molecule has 1 aromatic heterocycles. The lowest BCUT2D eigenvalue weighted by atomic mass is 9.89. The zero-order chi connectivity index (χ0) is 11.1. The highest BCUT2D eigenvalue weighted by molar-refractivity contribution is 5.95. The van der Waals surface area contributed by atoms with Gasteiger partial charge in [0.2, 0.25) is 0 Å². The number of aromatic carboxylic acids is 1. The van der Waals surface area contributed by atoms with Gasteiger partial charge in [-0.1, -0.05) is 6.07 Å². The number of H-pyrrole nitrogens is 1. The van der Waals surface area contributed by atoms with Gasteiger partial charge in [0.25, 0.3) is 0 Å². The number of carboxylic acid groups (broad SMARTS) is 1. The van der Waals surface area contributed by atoms with Crippen LogP contribution in [0.25, 0.3) is 10.9 Å². The molecule has 82 valence electrons. The summed E-state index contributed by atoms with van der Waals surface area (Å²) >= 11 is 0. The molecular formula is C13H13NO2. The summed E-state index contributed by atoms with van der Waals surface area (Å²) in [6.45, 7) is 0. The summed E-state index contributed by atoms with van der Waals surface area (Å²) in [6, 6.07) is 5.88. The van der Waals surface area contributed by atoms with Gasteiger partial charge in [-0.15, -0.1) is 0 Å². The Kier molecular flexibility index (Phi) is 1.99. The average molecular weight is 215 g/mol. The van der Waals surface area contributed by atoms with Gasteiger partial charge in [-0.25, -0.2) is 4.79 Å². The van der Waals surface area contributed by atoms with Crippen molar-refractivity contribution in [3.05, 3.63) is 35.0 Å². The van der Waals surface area contributed by atoms with Gasteiger partial charge in [0.1, 0.15) is 5.69 Å². The number of hydrogen-bond donors (Lipinski definition) is 2. The van der Waals surface area contributed by atoms with Crippen LogP contribution >= 0.6 is 0 Å². The number of aromatic amines is 1. The molecule has 3 heteroatoms. The molecule has 0 spiro atoms. The van der Waals surface area contributed by atoms with Crippen LogP contribution < -0.4 is 0 Å². The van der Waals surface area contributed by atoms with Gasteiger partial charge >= 0.3 is 5.97 Å². The average Bonchev–Trinajstić information content (AvgIpc) is 2.73. The number of nitrogens with one attached hydrogen (secondary N) is 1. The molecule has 16 heavy (non-hydrogen) atoms. The lowest BCUT2D eigenvalue weighted by Crippen LogP contribution is -2.02. The fraction of sp³-hybridized carbons (Fsp3) is 0.308. The van der Waals surface area contributed by atoms with Crippen molar-refractivity contribution in [3.8, 4) is 0 Å². The van der Waals surface area contributed by atoms with Crippen LogP contribution in [0.2, 0.25) is 0 Å². The van der Waals surface area contributed by atoms with Crippen molar-refractivity contribution >= 4 is 16.9 Å². The van der Waals surface area contributed by atoms with E-state index >= 15 is 0 Å². The number of hydrogen-bond acceptors (Lipinski definition) is 1. The largest absolute Gasteiger partial charge is 0.477 e. The highest BCUT2D eigenvalue weighted by Gasteiger charge is 2.15. The molecule has 3 nitrogen and oxygen atoms in total. The Morgan fingerprint density at radius 3 is 2.88 bits per heavy atom. The number of aryl methyl sites for hydroxylation is 2. The predicted molar refractivity (Wildman–Crippen MR) is 61.9 cm³/mol. The lowest BCUT2D eigenvalue weighted by Gasteiger charge is -2.15. The minimum atomic E-state index is -0.888. The first-order chi connectivity index (χ1) is 7.75. The Labute approximate surface area is 93.1 Å². The number of aromatic nitrogens is 1. The molecule has 2 N–H and O–H groups in total. The maximum atomic E-state index is 10.9. The monoisotopic (exact) mass is 215 g/mol. The zero-order valence-corrected chi connectivity index (χ0v) is 8.92. The third-order valence-corrected chi connectivity index (χ3v) is 3.37. The number of fused-ring (bicyclic) bond motifs is 3. The molecule has 0 bridgehead atoms. The van der Waals surface area contributed by atoms with E-state index in [-0.39, 0.29) is 5.69 Å². The van der Waals surface area contributed by atoms with Gasteiger partial charge < -0.3 is 10.1 Å². The first kappa shape index (κ1) is 9.46. The summed E-state index contributed by atoms with van der Waals surface area (Å²) in [5.41, 5.74) is 3.95. The van der Waals surface area contributed by atoms with Crippen LogP contribution in [0.4, 0.5) is 0 Å². The normalized spacial score (nSPS) is 15.0. The number of carbonyl (C=O) groups is 1. The molecule has 3 rings (SSSR count). The molecular weight excluding hydrogens is 202 g/mol. The van der Waals surface area contributed by atoms with Crippen molar-refractivity contribution < 1.29 is 9.90 Å². The molecule has 0 unspecified atom stereocenters. The van der Waals surface area contributed by atoms with E-state index < -0.39 is 5.97 Å². The fourth-order valence-electron chi connectivity index (χ4n) is 2.57. The standard InChI is InChI=1S/C13H13NO2/c15-13(16)12-7-10-9-4-2-1-3-8(9)5-6-11(10)14-12/h5-7,14H,1-4H2,(H,15,16). The Bertz CT molecular complexity index is 569. The maximum absolute atomic E-state index is 10.9. The van der Waals surface area contributed by atoms with Crippen molar-refractivity contribution in [1.82, 2.24) is 4.98 Å². The molecule has 0 fully saturated rings. The van der Waals surface area contributed by atoms with Crippen LogP contribution in [-0.4, -0.2) is 16.1 Å². The van der Waals surface area contributed by atoms with Crippen LogP contribution in [0.5, 0.6) is 0 Å². The number of benzene rings is 1. The maximum Gasteiger partial charge on any atom is 0.352 e. The number of rotatable bonds is 1. The number of carboxylic acids is 1. The van der Waals surface area contributed by atoms with Gasteiger partial charge in [0.15, 0.2) is 0 Å². The Morgan fingerprint density at radius 1 is 1.25 bits per heavy atom. The first-order valence-electron chi connectivity index (χ1n) is 5.62. The summed E-state index contributed by atoms with van der Waals surface area (Å²) in [7, 11) is 0. The van der Waals surface area contributed by atoms with Crippen LogP contribution in [0, 0.1) is 0 Å². The lowest BCUT2D eigenvalue weighted by molar-refractivity contribution is 0.0691. The molecule has 1 aliphatic rings. The Balaban J connectivity index is 2.26. The molecule has 0 amide bonds. The van der Waals surface area contributed by atoms with Crippen LogP contribution in [0.1, 0.15) is 34.5 Å². The van der Waals surface area contributed by atoms with E-state index in [0.717, 1.165) is 23.7 Å². The van der Waals surface area contributed by atoms with Crippen molar-refractivity contribution in [2.45, 2.75) is 25.7 Å². The molecule has 1 aliphatic carbocycles. The second kappa shape index (κ2) is 3.37. The fourth-order valence-corrected chi connectivity index (χ4v) is 2.57. The predicted octanol–water partition coefficient (Wildman–Crippen LogP) is 2.74. The summed E-state index contributed by atoms with van der Waals surface area (Å²) < 4.78 is 0. The van der Waals surface area contributed by atoms with Crippen LogP contribution in [0.15, 0.2) is 18.2 Å². The van der Waals surface area contributed by atoms with Crippen molar-refractivity contribution in [1.29, 1.82) is 0 Å². The molecule has 0 aliphatic heterocycles. The van der Waals surface area contributed by atoms with E-state index in [0.29, 0.717) is 0 Å². The third-order valence-electron chi connectivity index (χ3n) is 3.37. The molecule has 0 saturated heterocycles. The van der Waals surface area contributed by atoms with E-state index in [1.54, 1.807) is 6.07 Å². The van der Waals surface area contributed by atoms with Gasteiger partial charge in [0, 0.05) is 10.9 Å². The molecule has 2 aromatic rings. The summed E-state index contributed by atoms with van der Waals surface area (Å²) in [5, 5.41) is 10.1. The van der Waals surface area contributed by atoms with Gasteiger partial charge in [0.05, 0.1) is 0 Å². The zero-order valence-electron chi connectivity index (χ0n) is 8.92. The van der Waals surface area contributed by atoms with E-state index in [9.17, 15) is 4.79 Å². The molecule has 0 saturated carbocycles. The molecule has 0 radical (unpaired) electrons. The molecule has 1 heterocycles. The van der Waals surface area contributed by atoms with Crippen molar-refractivity contribution in [2.75, 3.05) is 0 Å². The van der Waals surface area contributed by atoms with Crippen molar-refractivity contribution in [3.63, 3.8) is 0 Å². The van der Waals surface area contributed by atoms with Crippen molar-refractivity contribution in [2.24, 2.45) is 0 Å². The topological polar surface area (TPSA) is 53.1 Å². The van der Waals surface area contributed by atoms with Gasteiger partial charge in [-0.05, 0) is 48.9 Å². The van der Waals surface area contributed by atoms with Crippen LogP contribution in [-0.2, 0) is 12.8 Å². The second-order valence-corrected chi connectivity index (χ2v) is 4.36. The van der Waals surface area contributed by atoms with E-state index in [1.165, 1.54) is 24.0 Å². The van der Waals surface area contributed by atoms with Gasteiger partial charge in [-0.3, -0.25) is 0 Å². The minimum absolute atomic E-state index is 0.286. The Morgan fingerprint density at radius 2 is 2.06 bits per heavy atom. The quantitative estimate of drug-likeness (QED) is 0.768. The van der Waals surface area contributed by atoms with E-state index in [2.05, 4.69) is 11.1 Å². The highest BCUT2D eigenvalue weighted by Crippen LogP contribution is 2.29. The second-order valence-electron chi connectivity index (χ2n) is 4.36. The van der Waals surface area contributed by atoms with Crippen LogP contribution in [0.3, 0.4) is 0 Å². The molecule has 1 aromatic carbocycles. The Hall–Kier alpha value is -1.77. The summed E-state index contributed by atoms with van der Waals surface area (Å²) in [4.78, 5) is 13.9. The SMILES string of the molecule is O=C(O)c1cc2c3c(ccc2[nH]1)CCCC3. The van der Waals surface area contributed by atoms with Gasteiger partial charge in [-0.2, -0.15) is 0 Å². The molecule has 0 atom stereocenters. The summed E-state index contributed by atoms with van der Waals surface area (Å²) in [5.74, 6) is -0.888.